The molecule has 3 heteroatoms. The predicted octanol–water partition coefficient (Wildman–Crippen LogP) is 3.08. The molecular weight excluding hydrogens is 174 g/mol. The van der Waals surface area contributed by atoms with Crippen molar-refractivity contribution in [2.24, 2.45) is 0 Å². The Labute approximate surface area is 76.1 Å². The van der Waals surface area contributed by atoms with Crippen LogP contribution in [0.3, 0.4) is 0 Å². The molecule has 12 heavy (non-hydrogen) atoms. The van der Waals surface area contributed by atoms with E-state index in [0.29, 0.717) is 16.4 Å². The zero-order chi connectivity index (χ0) is 9.14. The molecule has 0 radical (unpaired) electrons. The van der Waals surface area contributed by atoms with E-state index in [-0.39, 0.29) is 0 Å². The first-order valence-electron chi connectivity index (χ1n) is 3.48. The largest absolute Gasteiger partial charge is 0.460 e. The highest BCUT2D eigenvalue weighted by Gasteiger charge is 2.05. The third-order valence-corrected chi connectivity index (χ3v) is 1.92. The van der Waals surface area contributed by atoms with Crippen LogP contribution in [-0.4, -0.2) is 0 Å². The summed E-state index contributed by atoms with van der Waals surface area (Å²) in [5.41, 5.74) is 0.464. The highest BCUT2D eigenvalue weighted by molar-refractivity contribution is 6.49. The van der Waals surface area contributed by atoms with Gasteiger partial charge >= 0.3 is 0 Å². The predicted molar refractivity (Wildman–Crippen MR) is 47.5 cm³/mol. The molecule has 0 N–H and O–H groups in total. The minimum atomic E-state index is 0.380. The topological polar surface area (TPSA) is 36.9 Å². The fraction of sp³-hybridized carbons (Fsp3) is 0.222. The van der Waals surface area contributed by atoms with Crippen LogP contribution in [0.5, 0.6) is 0 Å². The third-order valence-electron chi connectivity index (χ3n) is 1.45. The summed E-state index contributed by atoms with van der Waals surface area (Å²) >= 11 is 5.83. The van der Waals surface area contributed by atoms with Gasteiger partial charge in [-0.25, -0.2) is 0 Å². The average Bonchev–Trinajstić information content (AvgIpc) is 2.49. The van der Waals surface area contributed by atoms with Crippen LogP contribution in [0.2, 0.25) is 0 Å². The number of hydrogen-bond donors (Lipinski definition) is 0. The lowest BCUT2D eigenvalue weighted by atomic mass is 10.3. The Balaban J connectivity index is 3.09. The zero-order valence-electron chi connectivity index (χ0n) is 6.89. The molecule has 62 valence electrons. The number of rotatable bonds is 1. The van der Waals surface area contributed by atoms with Gasteiger partial charge < -0.3 is 4.42 Å². The number of furan rings is 1. The monoisotopic (exact) mass is 181 g/mol. The molecule has 1 rings (SSSR count). The summed E-state index contributed by atoms with van der Waals surface area (Å²) in [7, 11) is 0. The molecular formula is C9H8ClNO. The fourth-order valence-electron chi connectivity index (χ4n) is 0.786. The Bertz CT molecular complexity index is 357. The van der Waals surface area contributed by atoms with E-state index < -0.39 is 0 Å². The Morgan fingerprint density at radius 3 is 2.67 bits per heavy atom. The molecule has 0 aromatic carbocycles. The van der Waals surface area contributed by atoms with Crippen LogP contribution in [0, 0.1) is 18.3 Å². The van der Waals surface area contributed by atoms with E-state index in [0.717, 1.165) is 5.76 Å². The van der Waals surface area contributed by atoms with Gasteiger partial charge in [0.1, 0.15) is 11.5 Å². The first-order chi connectivity index (χ1) is 5.65. The van der Waals surface area contributed by atoms with Gasteiger partial charge in [-0.3, -0.25) is 0 Å². The van der Waals surface area contributed by atoms with Gasteiger partial charge in [-0.05, 0) is 26.0 Å². The Kier molecular flexibility index (Phi) is 2.57. The van der Waals surface area contributed by atoms with Crippen LogP contribution in [0.15, 0.2) is 22.1 Å². The second-order valence-electron chi connectivity index (χ2n) is 2.46. The van der Waals surface area contributed by atoms with E-state index in [2.05, 4.69) is 0 Å². The Hall–Kier alpha value is -1.20. The molecule has 0 spiro atoms. The lowest BCUT2D eigenvalue weighted by Gasteiger charge is -1.93. The lowest BCUT2D eigenvalue weighted by Crippen LogP contribution is -1.75. The van der Waals surface area contributed by atoms with Crippen molar-refractivity contribution in [3.05, 3.63) is 29.2 Å². The SMILES string of the molecule is C/C(C#N)=C(/Cl)c1ccc(C)o1. The van der Waals surface area contributed by atoms with Gasteiger partial charge in [-0.2, -0.15) is 5.26 Å². The summed E-state index contributed by atoms with van der Waals surface area (Å²) in [5, 5.41) is 8.92. The highest BCUT2D eigenvalue weighted by atomic mass is 35.5. The second-order valence-corrected chi connectivity index (χ2v) is 2.84. The van der Waals surface area contributed by atoms with Gasteiger partial charge in [0.25, 0.3) is 0 Å². The summed E-state index contributed by atoms with van der Waals surface area (Å²) in [6.45, 7) is 3.48. The van der Waals surface area contributed by atoms with Crippen LogP contribution in [0.25, 0.3) is 5.03 Å². The first kappa shape index (κ1) is 8.89. The normalized spacial score (nSPS) is 12.2. The van der Waals surface area contributed by atoms with Gasteiger partial charge in [0, 0.05) is 5.57 Å². The van der Waals surface area contributed by atoms with Crippen molar-refractivity contribution < 1.29 is 4.42 Å². The molecule has 0 aliphatic heterocycles. The lowest BCUT2D eigenvalue weighted by molar-refractivity contribution is 0.523. The number of halogens is 1. The second kappa shape index (κ2) is 3.46. The maximum absolute atomic E-state index is 8.54. The van der Waals surface area contributed by atoms with Gasteiger partial charge in [0.2, 0.25) is 0 Å². The van der Waals surface area contributed by atoms with Gasteiger partial charge in [-0.1, -0.05) is 11.6 Å². The molecule has 0 saturated carbocycles. The van der Waals surface area contributed by atoms with Crippen molar-refractivity contribution in [3.8, 4) is 6.07 Å². The molecule has 2 nitrogen and oxygen atoms in total. The molecule has 0 amide bonds. The molecule has 0 bridgehead atoms. The van der Waals surface area contributed by atoms with Crippen LogP contribution >= 0.6 is 11.6 Å². The average molecular weight is 182 g/mol. The van der Waals surface area contributed by atoms with E-state index in [1.807, 2.05) is 19.1 Å². The molecule has 0 aliphatic rings. The van der Waals surface area contributed by atoms with Crippen molar-refractivity contribution in [2.45, 2.75) is 13.8 Å². The number of nitrogens with zero attached hydrogens (tertiary/aromatic N) is 1. The third kappa shape index (κ3) is 1.69. The maximum atomic E-state index is 8.54. The molecule has 0 atom stereocenters. The number of aryl methyl sites for hydroxylation is 1. The molecule has 1 heterocycles. The molecule has 1 aromatic rings. The van der Waals surface area contributed by atoms with Crippen molar-refractivity contribution >= 4 is 16.6 Å². The van der Waals surface area contributed by atoms with E-state index in [4.69, 9.17) is 21.3 Å². The summed E-state index contributed by atoms with van der Waals surface area (Å²) in [5.74, 6) is 1.34. The number of allylic oxidation sites excluding steroid dienone is 1. The summed E-state index contributed by atoms with van der Waals surface area (Å²) in [6, 6.07) is 5.52. The minimum absolute atomic E-state index is 0.380. The van der Waals surface area contributed by atoms with Gasteiger partial charge in [0.15, 0.2) is 0 Å². The summed E-state index contributed by atoms with van der Waals surface area (Å²) in [4.78, 5) is 0. The zero-order valence-corrected chi connectivity index (χ0v) is 7.64. The van der Waals surface area contributed by atoms with E-state index >= 15 is 0 Å². The van der Waals surface area contributed by atoms with Crippen molar-refractivity contribution in [1.82, 2.24) is 0 Å². The Morgan fingerprint density at radius 2 is 2.25 bits per heavy atom. The molecule has 0 unspecified atom stereocenters. The highest BCUT2D eigenvalue weighted by Crippen LogP contribution is 2.24. The first-order valence-corrected chi connectivity index (χ1v) is 3.86. The minimum Gasteiger partial charge on any atom is -0.460 e. The van der Waals surface area contributed by atoms with Crippen molar-refractivity contribution in [2.75, 3.05) is 0 Å². The number of hydrogen-bond acceptors (Lipinski definition) is 2. The van der Waals surface area contributed by atoms with Crippen molar-refractivity contribution in [3.63, 3.8) is 0 Å². The van der Waals surface area contributed by atoms with Gasteiger partial charge in [0.05, 0.1) is 11.1 Å². The fourth-order valence-corrected chi connectivity index (χ4v) is 0.930. The van der Waals surface area contributed by atoms with Crippen LogP contribution in [0.1, 0.15) is 18.4 Å². The smallest absolute Gasteiger partial charge is 0.146 e. The van der Waals surface area contributed by atoms with Crippen LogP contribution < -0.4 is 0 Å². The molecule has 0 aliphatic carbocycles. The van der Waals surface area contributed by atoms with E-state index in [9.17, 15) is 0 Å². The molecule has 0 fully saturated rings. The van der Waals surface area contributed by atoms with Crippen molar-refractivity contribution in [1.29, 1.82) is 5.26 Å². The summed E-state index contributed by atoms with van der Waals surface area (Å²) in [6.07, 6.45) is 0. The van der Waals surface area contributed by atoms with Crippen LogP contribution in [-0.2, 0) is 0 Å². The standard InChI is InChI=1S/C9H8ClNO/c1-6(5-11)9(10)8-4-3-7(2)12-8/h3-4H,1-2H3/b9-6-. The van der Waals surface area contributed by atoms with Crippen LogP contribution in [0.4, 0.5) is 0 Å². The quantitative estimate of drug-likeness (QED) is 0.625. The molecule has 0 saturated heterocycles. The van der Waals surface area contributed by atoms with E-state index in [1.165, 1.54) is 0 Å². The molecule has 1 aromatic heterocycles. The van der Waals surface area contributed by atoms with Gasteiger partial charge in [-0.15, -0.1) is 0 Å². The summed E-state index contributed by atoms with van der Waals surface area (Å²) < 4.78 is 5.23. The number of nitriles is 1. The maximum Gasteiger partial charge on any atom is 0.146 e. The van der Waals surface area contributed by atoms with E-state index in [1.54, 1.807) is 13.0 Å². The Morgan fingerprint density at radius 1 is 1.58 bits per heavy atom.